The van der Waals surface area contributed by atoms with Gasteiger partial charge in [-0.25, -0.2) is 15.0 Å². The maximum absolute atomic E-state index is 6.49. The third-order valence-electron chi connectivity index (χ3n) is 9.86. The van der Waals surface area contributed by atoms with Crippen molar-refractivity contribution in [1.82, 2.24) is 19.5 Å². The minimum atomic E-state index is 0.569. The molecule has 11 aromatic rings. The number of nitrogens with zero attached hydrogens (tertiary/aromatic N) is 4. The van der Waals surface area contributed by atoms with Crippen LogP contribution in [0, 0.1) is 0 Å². The van der Waals surface area contributed by atoms with E-state index < -0.39 is 0 Å². The second-order valence-corrected chi connectivity index (χ2v) is 12.8. The summed E-state index contributed by atoms with van der Waals surface area (Å²) in [5.41, 5.74) is 9.06. The molecule has 0 N–H and O–H groups in total. The van der Waals surface area contributed by atoms with E-state index >= 15 is 0 Å². The van der Waals surface area contributed by atoms with E-state index in [0.29, 0.717) is 17.5 Å². The van der Waals surface area contributed by atoms with Crippen LogP contribution in [0.2, 0.25) is 0 Å². The van der Waals surface area contributed by atoms with Crippen molar-refractivity contribution in [3.63, 3.8) is 0 Å². The van der Waals surface area contributed by atoms with Crippen LogP contribution in [0.5, 0.6) is 0 Å². The zero-order valence-corrected chi connectivity index (χ0v) is 27.1. The highest BCUT2D eigenvalue weighted by atomic mass is 16.3. The Hall–Kier alpha value is -7.05. The molecule has 4 heterocycles. The predicted molar refractivity (Wildman–Crippen MR) is 205 cm³/mol. The van der Waals surface area contributed by atoms with Crippen LogP contribution in [-0.4, -0.2) is 19.5 Å². The van der Waals surface area contributed by atoms with Crippen molar-refractivity contribution in [2.75, 3.05) is 0 Å². The number of aromatic nitrogens is 4. The largest absolute Gasteiger partial charge is 0.456 e. The van der Waals surface area contributed by atoms with Crippen molar-refractivity contribution >= 4 is 65.7 Å². The fraction of sp³-hybridized carbons (Fsp3) is 0. The van der Waals surface area contributed by atoms with Gasteiger partial charge < -0.3 is 13.4 Å². The van der Waals surface area contributed by atoms with E-state index in [0.717, 1.165) is 77.3 Å². The van der Waals surface area contributed by atoms with Crippen molar-refractivity contribution < 1.29 is 8.83 Å². The van der Waals surface area contributed by atoms with Crippen LogP contribution in [-0.2, 0) is 0 Å². The molecule has 0 saturated heterocycles. The van der Waals surface area contributed by atoms with Gasteiger partial charge in [0.25, 0.3) is 0 Å². The monoisotopic (exact) mass is 654 g/mol. The molecule has 7 aromatic carbocycles. The molecule has 4 aromatic heterocycles. The van der Waals surface area contributed by atoms with Gasteiger partial charge >= 0.3 is 0 Å². The highest BCUT2D eigenvalue weighted by Crippen LogP contribution is 2.41. The fourth-order valence-electron chi connectivity index (χ4n) is 7.51. The molecule has 0 aliphatic heterocycles. The molecule has 51 heavy (non-hydrogen) atoms. The average molecular weight is 655 g/mol. The lowest BCUT2D eigenvalue weighted by atomic mass is 10.1. The van der Waals surface area contributed by atoms with Gasteiger partial charge in [0.1, 0.15) is 22.3 Å². The zero-order valence-electron chi connectivity index (χ0n) is 27.1. The first-order valence-electron chi connectivity index (χ1n) is 16.9. The fourth-order valence-corrected chi connectivity index (χ4v) is 7.51. The molecular weight excluding hydrogens is 629 g/mol. The number of hydrogen-bond acceptors (Lipinski definition) is 5. The Balaban J connectivity index is 1.24. The molecule has 0 spiro atoms. The van der Waals surface area contributed by atoms with Crippen LogP contribution in [0.15, 0.2) is 167 Å². The quantitative estimate of drug-likeness (QED) is 0.189. The third kappa shape index (κ3) is 4.26. The van der Waals surface area contributed by atoms with E-state index in [4.69, 9.17) is 23.8 Å². The Kier molecular flexibility index (Phi) is 5.86. The van der Waals surface area contributed by atoms with Crippen LogP contribution in [0.1, 0.15) is 0 Å². The second kappa shape index (κ2) is 10.7. The van der Waals surface area contributed by atoms with Crippen LogP contribution in [0.4, 0.5) is 0 Å². The van der Waals surface area contributed by atoms with Crippen LogP contribution in [0.25, 0.3) is 106 Å². The van der Waals surface area contributed by atoms with Gasteiger partial charge in [0.05, 0.1) is 16.7 Å². The van der Waals surface area contributed by atoms with Gasteiger partial charge in [-0.15, -0.1) is 0 Å². The number of rotatable bonds is 4. The first-order valence-corrected chi connectivity index (χ1v) is 16.9. The summed E-state index contributed by atoms with van der Waals surface area (Å²) in [7, 11) is 0. The van der Waals surface area contributed by atoms with Gasteiger partial charge in [-0.05, 0) is 48.5 Å². The molecule has 0 radical (unpaired) electrons. The Morgan fingerprint density at radius 3 is 1.55 bits per heavy atom. The zero-order chi connectivity index (χ0) is 33.5. The van der Waals surface area contributed by atoms with Crippen molar-refractivity contribution in [3.05, 3.63) is 158 Å². The molecule has 0 aliphatic carbocycles. The summed E-state index contributed by atoms with van der Waals surface area (Å²) in [4.78, 5) is 15.6. The van der Waals surface area contributed by atoms with E-state index in [9.17, 15) is 0 Å². The standard InChI is InChI=1S/C45H26N4O2/c1-2-12-27(13-3-1)43-46-44(28-22-23-41-33(24-28)31-16-6-10-20-39(31)50-41)48-45(47-43)35-25-34-32-17-7-11-21-40(32)51-42(34)26-38(35)49-36-18-8-4-14-29(36)30-15-5-9-19-37(30)49/h1-26H. The molecule has 0 aliphatic rings. The Morgan fingerprint density at radius 1 is 0.353 bits per heavy atom. The Morgan fingerprint density at radius 2 is 0.863 bits per heavy atom. The van der Waals surface area contributed by atoms with E-state index in [1.165, 1.54) is 10.8 Å². The first-order chi connectivity index (χ1) is 25.3. The molecule has 0 unspecified atom stereocenters. The molecule has 0 fully saturated rings. The molecule has 11 rings (SSSR count). The summed E-state index contributed by atoms with van der Waals surface area (Å²) < 4.78 is 15.0. The molecule has 0 atom stereocenters. The lowest BCUT2D eigenvalue weighted by molar-refractivity contribution is 0.668. The topological polar surface area (TPSA) is 69.9 Å². The maximum Gasteiger partial charge on any atom is 0.166 e. The van der Waals surface area contributed by atoms with Crippen molar-refractivity contribution in [2.24, 2.45) is 0 Å². The smallest absolute Gasteiger partial charge is 0.166 e. The highest BCUT2D eigenvalue weighted by Gasteiger charge is 2.22. The van der Waals surface area contributed by atoms with Gasteiger partial charge in [0.15, 0.2) is 17.5 Å². The SMILES string of the molecule is c1ccc(-c2nc(-c3ccc4oc5ccccc5c4c3)nc(-c3cc4c(cc3-n3c5ccccc5c5ccccc53)oc3ccccc34)n2)cc1. The number of fused-ring (bicyclic) bond motifs is 9. The van der Waals surface area contributed by atoms with Gasteiger partial charge in [-0.1, -0.05) is 103 Å². The molecule has 0 saturated carbocycles. The Bertz CT molecular complexity index is 3100. The lowest BCUT2D eigenvalue weighted by Crippen LogP contribution is -2.03. The summed E-state index contributed by atoms with van der Waals surface area (Å²) in [5.74, 6) is 1.74. The average Bonchev–Trinajstić information content (AvgIpc) is 3.86. The third-order valence-corrected chi connectivity index (χ3v) is 9.86. The minimum Gasteiger partial charge on any atom is -0.456 e. The molecule has 0 bridgehead atoms. The van der Waals surface area contributed by atoms with Crippen molar-refractivity contribution in [1.29, 1.82) is 0 Å². The normalized spacial score (nSPS) is 11.9. The maximum atomic E-state index is 6.49. The number of hydrogen-bond donors (Lipinski definition) is 0. The van der Waals surface area contributed by atoms with E-state index in [-0.39, 0.29) is 0 Å². The van der Waals surface area contributed by atoms with Crippen molar-refractivity contribution in [2.45, 2.75) is 0 Å². The van der Waals surface area contributed by atoms with Gasteiger partial charge in [0, 0.05) is 55.1 Å². The summed E-state index contributed by atoms with van der Waals surface area (Å²) >= 11 is 0. The van der Waals surface area contributed by atoms with Crippen LogP contribution < -0.4 is 0 Å². The molecule has 238 valence electrons. The van der Waals surface area contributed by atoms with E-state index in [2.05, 4.69) is 83.4 Å². The number of furan rings is 2. The van der Waals surface area contributed by atoms with E-state index in [1.54, 1.807) is 0 Å². The summed E-state index contributed by atoms with van der Waals surface area (Å²) in [6, 6.07) is 53.9. The minimum absolute atomic E-state index is 0.569. The highest BCUT2D eigenvalue weighted by molar-refractivity contribution is 6.12. The lowest BCUT2D eigenvalue weighted by Gasteiger charge is -2.15. The van der Waals surface area contributed by atoms with Gasteiger partial charge in [0.2, 0.25) is 0 Å². The molecular formula is C45H26N4O2. The molecule has 6 nitrogen and oxygen atoms in total. The number of para-hydroxylation sites is 4. The van der Waals surface area contributed by atoms with Crippen molar-refractivity contribution in [3.8, 4) is 39.9 Å². The van der Waals surface area contributed by atoms with Crippen LogP contribution in [0.3, 0.4) is 0 Å². The van der Waals surface area contributed by atoms with Gasteiger partial charge in [-0.2, -0.15) is 0 Å². The first kappa shape index (κ1) is 27.9. The van der Waals surface area contributed by atoms with Gasteiger partial charge in [-0.3, -0.25) is 0 Å². The summed E-state index contributed by atoms with van der Waals surface area (Å²) in [5, 5.41) is 6.45. The van der Waals surface area contributed by atoms with Crippen LogP contribution >= 0.6 is 0 Å². The Labute approximate surface area is 290 Å². The molecule has 0 amide bonds. The summed E-state index contributed by atoms with van der Waals surface area (Å²) in [6.45, 7) is 0. The summed E-state index contributed by atoms with van der Waals surface area (Å²) in [6.07, 6.45) is 0. The van der Waals surface area contributed by atoms with E-state index in [1.807, 2.05) is 78.9 Å². The molecule has 6 heteroatoms. The predicted octanol–water partition coefficient (Wildman–Crippen LogP) is 11.8. The second-order valence-electron chi connectivity index (χ2n) is 12.8. The number of benzene rings is 7.